The fourth-order valence-corrected chi connectivity index (χ4v) is 2.23. The highest BCUT2D eigenvalue weighted by Crippen LogP contribution is 2.23. The van der Waals surface area contributed by atoms with Gasteiger partial charge in [-0.05, 0) is 19.3 Å². The number of hydrogen-bond donors (Lipinski definition) is 1. The van der Waals surface area contributed by atoms with Gasteiger partial charge in [0.05, 0.1) is 0 Å². The van der Waals surface area contributed by atoms with E-state index in [0.717, 1.165) is 5.17 Å². The molecule has 0 saturated carbocycles. The minimum Gasteiger partial charge on any atom is -0.368 e. The molecule has 1 rings (SSSR count). The van der Waals surface area contributed by atoms with Crippen molar-refractivity contribution < 1.29 is 0 Å². The Morgan fingerprint density at radius 1 is 1.67 bits per heavy atom. The summed E-state index contributed by atoms with van der Waals surface area (Å²) >= 11 is 1.82. The first-order valence-electron chi connectivity index (χ1n) is 4.34. The van der Waals surface area contributed by atoms with Gasteiger partial charge in [-0.25, -0.2) is 0 Å². The maximum Gasteiger partial charge on any atom is 0.156 e. The van der Waals surface area contributed by atoms with Crippen LogP contribution in [0, 0.1) is 0 Å². The van der Waals surface area contributed by atoms with Crippen molar-refractivity contribution in [1.82, 2.24) is 5.32 Å². The first-order chi connectivity index (χ1) is 5.86. The summed E-state index contributed by atoms with van der Waals surface area (Å²) in [5.41, 5.74) is 0. The number of amidine groups is 1. The summed E-state index contributed by atoms with van der Waals surface area (Å²) in [6, 6.07) is 0. The molecule has 12 heavy (non-hydrogen) atoms. The van der Waals surface area contributed by atoms with Crippen LogP contribution in [0.5, 0.6) is 0 Å². The fourth-order valence-electron chi connectivity index (χ4n) is 1.25. The quantitative estimate of drug-likeness (QED) is 0.383. The summed E-state index contributed by atoms with van der Waals surface area (Å²) in [5, 5.41) is 4.74. The second kappa shape index (κ2) is 5.25. The minimum atomic E-state index is 0.630. The molecule has 0 aliphatic heterocycles. The first-order valence-corrected chi connectivity index (χ1v) is 5.22. The van der Waals surface area contributed by atoms with Gasteiger partial charge < -0.3 is 5.32 Å². The van der Waals surface area contributed by atoms with Crippen LogP contribution in [0.15, 0.2) is 17.1 Å². The van der Waals surface area contributed by atoms with E-state index in [1.54, 1.807) is 0 Å². The van der Waals surface area contributed by atoms with E-state index in [0.29, 0.717) is 5.25 Å². The average Bonchev–Trinajstić information content (AvgIpc) is 2.16. The summed E-state index contributed by atoms with van der Waals surface area (Å²) < 4.78 is 0. The molecule has 0 radical (unpaired) electrons. The maximum atomic E-state index is 4.14. The molecule has 0 aromatic carbocycles. The van der Waals surface area contributed by atoms with Gasteiger partial charge in [0.15, 0.2) is 5.17 Å². The number of hydrogen-bond acceptors (Lipinski definition) is 2. The molecule has 0 aromatic heterocycles. The molecular formula is C9H16N2S. The molecule has 0 amide bonds. The van der Waals surface area contributed by atoms with Crippen molar-refractivity contribution in [1.29, 1.82) is 0 Å². The van der Waals surface area contributed by atoms with Crippen molar-refractivity contribution in [2.75, 3.05) is 14.1 Å². The van der Waals surface area contributed by atoms with Crippen molar-refractivity contribution in [2.24, 2.45) is 4.99 Å². The Morgan fingerprint density at radius 2 is 2.50 bits per heavy atom. The lowest BCUT2D eigenvalue weighted by Crippen LogP contribution is -2.18. The first kappa shape index (κ1) is 9.65. The molecule has 1 N–H and O–H groups in total. The van der Waals surface area contributed by atoms with Gasteiger partial charge in [0.2, 0.25) is 0 Å². The highest BCUT2D eigenvalue weighted by atomic mass is 32.2. The van der Waals surface area contributed by atoms with Crippen molar-refractivity contribution in [3.63, 3.8) is 0 Å². The van der Waals surface area contributed by atoms with Crippen LogP contribution in [-0.4, -0.2) is 24.5 Å². The normalized spacial score (nSPS) is 24.2. The molecule has 0 bridgehead atoms. The van der Waals surface area contributed by atoms with Crippen molar-refractivity contribution in [3.05, 3.63) is 12.2 Å². The Kier molecular flexibility index (Phi) is 4.22. The van der Waals surface area contributed by atoms with E-state index in [4.69, 9.17) is 0 Å². The lowest BCUT2D eigenvalue weighted by molar-refractivity contribution is 0.742. The topological polar surface area (TPSA) is 24.4 Å². The molecule has 1 aliphatic rings. The predicted molar refractivity (Wildman–Crippen MR) is 56.8 cm³/mol. The fraction of sp³-hybridized carbons (Fsp3) is 0.667. The molecule has 3 heteroatoms. The smallest absolute Gasteiger partial charge is 0.156 e. The van der Waals surface area contributed by atoms with Crippen molar-refractivity contribution in [2.45, 2.75) is 24.5 Å². The average molecular weight is 184 g/mol. The highest BCUT2D eigenvalue weighted by Gasteiger charge is 2.10. The van der Waals surface area contributed by atoms with Crippen LogP contribution < -0.4 is 5.32 Å². The van der Waals surface area contributed by atoms with E-state index in [1.807, 2.05) is 25.9 Å². The Bertz CT molecular complexity index is 187. The van der Waals surface area contributed by atoms with Gasteiger partial charge in [-0.1, -0.05) is 23.9 Å². The molecule has 1 aliphatic carbocycles. The lowest BCUT2D eigenvalue weighted by Gasteiger charge is -2.16. The maximum absolute atomic E-state index is 4.14. The molecule has 0 aromatic rings. The van der Waals surface area contributed by atoms with Crippen LogP contribution in [0.1, 0.15) is 19.3 Å². The minimum absolute atomic E-state index is 0.630. The molecule has 1 atom stereocenters. The van der Waals surface area contributed by atoms with Gasteiger partial charge in [0, 0.05) is 19.3 Å². The standard InChI is InChI=1S/C9H16N2S/c1-10-9(11-2)12-8-6-4-3-5-7-8/h4,6,8H,3,5,7H2,1-2H3,(H,10,11). The Labute approximate surface area is 78.5 Å². The van der Waals surface area contributed by atoms with Gasteiger partial charge in [0.25, 0.3) is 0 Å². The van der Waals surface area contributed by atoms with E-state index < -0.39 is 0 Å². The third kappa shape index (κ3) is 2.89. The molecule has 0 fully saturated rings. The van der Waals surface area contributed by atoms with Gasteiger partial charge in [-0.2, -0.15) is 0 Å². The van der Waals surface area contributed by atoms with E-state index in [-0.39, 0.29) is 0 Å². The summed E-state index contributed by atoms with van der Waals surface area (Å²) in [6.45, 7) is 0. The molecule has 2 nitrogen and oxygen atoms in total. The zero-order chi connectivity index (χ0) is 8.81. The molecule has 0 heterocycles. The summed E-state index contributed by atoms with van der Waals surface area (Å²) in [6.07, 6.45) is 8.40. The second-order valence-corrected chi connectivity index (χ2v) is 4.02. The van der Waals surface area contributed by atoms with Crippen molar-refractivity contribution in [3.8, 4) is 0 Å². The number of rotatable bonds is 1. The zero-order valence-corrected chi connectivity index (χ0v) is 8.53. The number of nitrogens with zero attached hydrogens (tertiary/aromatic N) is 1. The van der Waals surface area contributed by atoms with E-state index in [9.17, 15) is 0 Å². The van der Waals surface area contributed by atoms with E-state index in [2.05, 4.69) is 22.5 Å². The Morgan fingerprint density at radius 3 is 3.00 bits per heavy atom. The molecular weight excluding hydrogens is 168 g/mol. The molecule has 68 valence electrons. The third-order valence-electron chi connectivity index (χ3n) is 1.89. The summed E-state index contributed by atoms with van der Waals surface area (Å²) in [5.74, 6) is 0. The van der Waals surface area contributed by atoms with Crippen LogP contribution in [0.2, 0.25) is 0 Å². The summed E-state index contributed by atoms with van der Waals surface area (Å²) in [7, 11) is 3.74. The Hall–Kier alpha value is -0.440. The molecule has 0 spiro atoms. The second-order valence-electron chi connectivity index (χ2n) is 2.79. The SMILES string of the molecule is CN=C(NC)SC1C=CCCC1. The number of aliphatic imine (C=N–C) groups is 1. The van der Waals surface area contributed by atoms with Gasteiger partial charge in [-0.15, -0.1) is 0 Å². The molecule has 1 unspecified atom stereocenters. The van der Waals surface area contributed by atoms with Crippen LogP contribution in [0.3, 0.4) is 0 Å². The molecule has 0 saturated heterocycles. The van der Waals surface area contributed by atoms with Crippen LogP contribution in [0.4, 0.5) is 0 Å². The van der Waals surface area contributed by atoms with E-state index in [1.165, 1.54) is 19.3 Å². The monoisotopic (exact) mass is 184 g/mol. The number of allylic oxidation sites excluding steroid dienone is 1. The Balaban J connectivity index is 2.38. The third-order valence-corrected chi connectivity index (χ3v) is 3.20. The van der Waals surface area contributed by atoms with Gasteiger partial charge in [-0.3, -0.25) is 4.99 Å². The van der Waals surface area contributed by atoms with Gasteiger partial charge in [0.1, 0.15) is 0 Å². The van der Waals surface area contributed by atoms with Crippen LogP contribution >= 0.6 is 11.8 Å². The number of thioether (sulfide) groups is 1. The van der Waals surface area contributed by atoms with Gasteiger partial charge >= 0.3 is 0 Å². The summed E-state index contributed by atoms with van der Waals surface area (Å²) in [4.78, 5) is 4.14. The number of nitrogens with one attached hydrogen (secondary N) is 1. The van der Waals surface area contributed by atoms with Crippen molar-refractivity contribution >= 4 is 16.9 Å². The van der Waals surface area contributed by atoms with E-state index >= 15 is 0 Å². The largest absolute Gasteiger partial charge is 0.368 e. The van der Waals surface area contributed by atoms with Crippen LogP contribution in [0.25, 0.3) is 0 Å². The highest BCUT2D eigenvalue weighted by molar-refractivity contribution is 8.14. The zero-order valence-electron chi connectivity index (χ0n) is 7.71. The predicted octanol–water partition coefficient (Wildman–Crippen LogP) is 2.03. The lowest BCUT2D eigenvalue weighted by atomic mass is 10.1. The van der Waals surface area contributed by atoms with Crippen LogP contribution in [-0.2, 0) is 0 Å².